The predicted molar refractivity (Wildman–Crippen MR) is 77.2 cm³/mol. The molecule has 1 heterocycles. The van der Waals surface area contributed by atoms with Gasteiger partial charge in [0.25, 0.3) is 0 Å². The Morgan fingerprint density at radius 3 is 2.58 bits per heavy atom. The molecule has 0 aliphatic carbocycles. The summed E-state index contributed by atoms with van der Waals surface area (Å²) in [4.78, 5) is 24.3. The van der Waals surface area contributed by atoms with Crippen LogP contribution in [0.15, 0.2) is 18.2 Å². The van der Waals surface area contributed by atoms with E-state index in [4.69, 9.17) is 5.11 Å². The zero-order valence-electron chi connectivity index (χ0n) is 12.7. The molecule has 0 spiro atoms. The second kappa shape index (κ2) is 7.89. The molecule has 1 aromatic carbocycles. The van der Waals surface area contributed by atoms with Crippen molar-refractivity contribution in [3.8, 4) is 5.75 Å². The summed E-state index contributed by atoms with van der Waals surface area (Å²) in [6.07, 6.45) is 0.671. The molecule has 2 amide bonds. The molecule has 0 atom stereocenters. The Labute approximate surface area is 136 Å². The number of amides is 2. The van der Waals surface area contributed by atoms with Gasteiger partial charge in [0.2, 0.25) is 0 Å². The number of nitrogens with zero attached hydrogens (tertiary/aromatic N) is 1. The van der Waals surface area contributed by atoms with Crippen LogP contribution in [0.4, 0.5) is 18.0 Å². The predicted octanol–water partition coefficient (Wildman–Crippen LogP) is 2.43. The normalized spacial score (nSPS) is 15.4. The number of hydrogen-bond acceptors (Lipinski definition) is 3. The van der Waals surface area contributed by atoms with E-state index in [1.54, 1.807) is 0 Å². The molecule has 0 unspecified atom stereocenters. The quantitative estimate of drug-likeness (QED) is 0.858. The SMILES string of the molecule is O=C(O)C1CCN(C(=O)NCc2c(F)cccc2OC(F)F)CC1. The number of carbonyl (C=O) groups excluding carboxylic acids is 1. The number of ether oxygens (including phenoxy) is 1. The van der Waals surface area contributed by atoms with Crippen LogP contribution < -0.4 is 10.1 Å². The Hall–Kier alpha value is -2.45. The fourth-order valence-electron chi connectivity index (χ4n) is 2.52. The van der Waals surface area contributed by atoms with Crippen LogP contribution in [0, 0.1) is 11.7 Å². The minimum Gasteiger partial charge on any atom is -0.481 e. The highest BCUT2D eigenvalue weighted by Gasteiger charge is 2.27. The van der Waals surface area contributed by atoms with Gasteiger partial charge >= 0.3 is 18.6 Å². The Balaban J connectivity index is 1.94. The highest BCUT2D eigenvalue weighted by atomic mass is 19.3. The molecule has 1 fully saturated rings. The standard InChI is InChI=1S/C15H17F3N2O4/c16-11-2-1-3-12(24-14(17)18)10(11)8-19-15(23)20-6-4-9(5-7-20)13(21)22/h1-3,9,14H,4-8H2,(H,19,23)(H,21,22). The van der Waals surface area contributed by atoms with Crippen molar-refractivity contribution in [3.63, 3.8) is 0 Å². The monoisotopic (exact) mass is 346 g/mol. The highest BCUT2D eigenvalue weighted by molar-refractivity contribution is 5.75. The van der Waals surface area contributed by atoms with Crippen molar-refractivity contribution in [2.75, 3.05) is 13.1 Å². The summed E-state index contributed by atoms with van der Waals surface area (Å²) in [5, 5.41) is 11.4. The van der Waals surface area contributed by atoms with E-state index in [1.807, 2.05) is 0 Å². The molecule has 2 N–H and O–H groups in total. The van der Waals surface area contributed by atoms with Gasteiger partial charge in [0.1, 0.15) is 11.6 Å². The maximum Gasteiger partial charge on any atom is 0.387 e. The highest BCUT2D eigenvalue weighted by Crippen LogP contribution is 2.23. The number of alkyl halides is 2. The molecular formula is C15H17F3N2O4. The molecule has 2 rings (SSSR count). The molecule has 1 saturated heterocycles. The van der Waals surface area contributed by atoms with Gasteiger partial charge in [-0.25, -0.2) is 9.18 Å². The molecule has 6 nitrogen and oxygen atoms in total. The number of carboxylic acid groups (broad SMARTS) is 1. The number of benzene rings is 1. The fourth-order valence-corrected chi connectivity index (χ4v) is 2.52. The van der Waals surface area contributed by atoms with E-state index in [9.17, 15) is 22.8 Å². The van der Waals surface area contributed by atoms with Crippen molar-refractivity contribution >= 4 is 12.0 Å². The number of carbonyl (C=O) groups is 2. The van der Waals surface area contributed by atoms with Gasteiger partial charge in [-0.15, -0.1) is 0 Å². The largest absolute Gasteiger partial charge is 0.481 e. The molecule has 132 valence electrons. The summed E-state index contributed by atoms with van der Waals surface area (Å²) >= 11 is 0. The minimum absolute atomic E-state index is 0.174. The lowest BCUT2D eigenvalue weighted by Gasteiger charge is -2.30. The van der Waals surface area contributed by atoms with Crippen molar-refractivity contribution in [1.82, 2.24) is 10.2 Å². The van der Waals surface area contributed by atoms with E-state index in [-0.39, 0.29) is 30.9 Å². The van der Waals surface area contributed by atoms with Crippen molar-refractivity contribution in [2.45, 2.75) is 26.0 Å². The molecule has 9 heteroatoms. The first-order valence-corrected chi connectivity index (χ1v) is 7.36. The zero-order valence-corrected chi connectivity index (χ0v) is 12.7. The van der Waals surface area contributed by atoms with Crippen LogP contribution in [0.3, 0.4) is 0 Å². The van der Waals surface area contributed by atoms with Crippen LogP contribution in [0.5, 0.6) is 5.75 Å². The average Bonchev–Trinajstić information content (AvgIpc) is 2.53. The van der Waals surface area contributed by atoms with Gasteiger partial charge in [-0.2, -0.15) is 8.78 Å². The van der Waals surface area contributed by atoms with E-state index < -0.39 is 30.3 Å². The number of nitrogens with one attached hydrogen (secondary N) is 1. The number of urea groups is 1. The summed E-state index contributed by atoms with van der Waals surface area (Å²) in [6.45, 7) is -2.89. The van der Waals surface area contributed by atoms with E-state index in [0.717, 1.165) is 6.07 Å². The van der Waals surface area contributed by atoms with E-state index in [0.29, 0.717) is 12.8 Å². The third kappa shape index (κ3) is 4.53. The first kappa shape index (κ1) is 17.9. The number of halogens is 3. The lowest BCUT2D eigenvalue weighted by molar-refractivity contribution is -0.143. The Kier molecular flexibility index (Phi) is 5.88. The first-order valence-electron chi connectivity index (χ1n) is 7.36. The Morgan fingerprint density at radius 2 is 2.00 bits per heavy atom. The van der Waals surface area contributed by atoms with Crippen LogP contribution in [0.1, 0.15) is 18.4 Å². The third-order valence-corrected chi connectivity index (χ3v) is 3.84. The van der Waals surface area contributed by atoms with Gasteiger partial charge < -0.3 is 20.1 Å². The Morgan fingerprint density at radius 1 is 1.33 bits per heavy atom. The molecule has 0 saturated carbocycles. The summed E-state index contributed by atoms with van der Waals surface area (Å²) in [5.74, 6) is -2.48. The summed E-state index contributed by atoms with van der Waals surface area (Å²) < 4.78 is 42.7. The second-order valence-corrected chi connectivity index (χ2v) is 5.35. The van der Waals surface area contributed by atoms with Gasteiger partial charge in [0, 0.05) is 18.7 Å². The number of rotatable bonds is 5. The fraction of sp³-hybridized carbons (Fsp3) is 0.467. The van der Waals surface area contributed by atoms with Gasteiger partial charge in [0.05, 0.1) is 12.5 Å². The third-order valence-electron chi connectivity index (χ3n) is 3.84. The van der Waals surface area contributed by atoms with E-state index in [2.05, 4.69) is 10.1 Å². The molecular weight excluding hydrogens is 329 g/mol. The summed E-state index contributed by atoms with van der Waals surface area (Å²) in [6, 6.07) is 2.99. The molecule has 0 bridgehead atoms. The van der Waals surface area contributed by atoms with Gasteiger partial charge in [0.15, 0.2) is 0 Å². The molecule has 1 aliphatic rings. The number of hydrogen-bond donors (Lipinski definition) is 2. The number of piperidine rings is 1. The van der Waals surface area contributed by atoms with Gasteiger partial charge in [-0.05, 0) is 25.0 Å². The van der Waals surface area contributed by atoms with Crippen LogP contribution in [-0.4, -0.2) is 41.7 Å². The van der Waals surface area contributed by atoms with Crippen LogP contribution in [0.25, 0.3) is 0 Å². The van der Waals surface area contributed by atoms with E-state index in [1.165, 1.54) is 17.0 Å². The second-order valence-electron chi connectivity index (χ2n) is 5.35. The molecule has 24 heavy (non-hydrogen) atoms. The van der Waals surface area contributed by atoms with E-state index >= 15 is 0 Å². The molecule has 1 aromatic rings. The maximum atomic E-state index is 13.8. The molecule has 1 aliphatic heterocycles. The van der Waals surface area contributed by atoms with Crippen molar-refractivity contribution < 1.29 is 32.6 Å². The van der Waals surface area contributed by atoms with Crippen molar-refractivity contribution in [3.05, 3.63) is 29.6 Å². The van der Waals surface area contributed by atoms with Crippen LogP contribution in [-0.2, 0) is 11.3 Å². The minimum atomic E-state index is -3.10. The van der Waals surface area contributed by atoms with Crippen LogP contribution >= 0.6 is 0 Å². The number of carboxylic acids is 1. The summed E-state index contributed by atoms with van der Waals surface area (Å²) in [7, 11) is 0. The number of likely N-dealkylation sites (tertiary alicyclic amines) is 1. The topological polar surface area (TPSA) is 78.9 Å². The van der Waals surface area contributed by atoms with Crippen LogP contribution in [0.2, 0.25) is 0 Å². The smallest absolute Gasteiger partial charge is 0.387 e. The Bertz CT molecular complexity index is 604. The summed E-state index contributed by atoms with van der Waals surface area (Å²) in [5.41, 5.74) is -0.174. The van der Waals surface area contributed by atoms with Gasteiger partial charge in [-0.1, -0.05) is 6.07 Å². The zero-order chi connectivity index (χ0) is 17.7. The number of aliphatic carboxylic acids is 1. The van der Waals surface area contributed by atoms with Gasteiger partial charge in [-0.3, -0.25) is 4.79 Å². The first-order chi connectivity index (χ1) is 11.4. The maximum absolute atomic E-state index is 13.8. The lowest BCUT2D eigenvalue weighted by Crippen LogP contribution is -2.45. The van der Waals surface area contributed by atoms with Crippen molar-refractivity contribution in [2.24, 2.45) is 5.92 Å². The molecule has 0 radical (unpaired) electrons. The average molecular weight is 346 g/mol. The lowest BCUT2D eigenvalue weighted by atomic mass is 9.97. The van der Waals surface area contributed by atoms with Crippen molar-refractivity contribution in [1.29, 1.82) is 0 Å². The molecule has 0 aromatic heterocycles.